The largest absolute Gasteiger partial charge is 0.489 e. The summed E-state index contributed by atoms with van der Waals surface area (Å²) in [5.41, 5.74) is 8.09. The molecule has 0 aliphatic carbocycles. The first-order valence-corrected chi connectivity index (χ1v) is 7.85. The average molecular weight is 349 g/mol. The van der Waals surface area contributed by atoms with Gasteiger partial charge >= 0.3 is 0 Å². The zero-order valence-electron chi connectivity index (χ0n) is 14.1. The van der Waals surface area contributed by atoms with E-state index in [9.17, 15) is 4.79 Å². The van der Waals surface area contributed by atoms with E-state index in [1.807, 2.05) is 68.4 Å². The molecule has 4 nitrogen and oxygen atoms in total. The number of rotatable bonds is 7. The Morgan fingerprint density at radius 3 is 2.42 bits per heavy atom. The predicted molar refractivity (Wildman–Crippen MR) is 99.6 cm³/mol. The van der Waals surface area contributed by atoms with E-state index in [1.165, 1.54) is 0 Å². The van der Waals surface area contributed by atoms with Crippen molar-refractivity contribution in [3.05, 3.63) is 65.7 Å². The van der Waals surface area contributed by atoms with Crippen molar-refractivity contribution in [2.75, 3.05) is 6.54 Å². The van der Waals surface area contributed by atoms with E-state index in [4.69, 9.17) is 10.5 Å². The molecule has 2 aromatic rings. The third kappa shape index (κ3) is 6.22. The summed E-state index contributed by atoms with van der Waals surface area (Å²) in [7, 11) is 0. The Morgan fingerprint density at radius 2 is 1.75 bits per heavy atom. The van der Waals surface area contributed by atoms with Gasteiger partial charge in [-0.3, -0.25) is 4.79 Å². The lowest BCUT2D eigenvalue weighted by molar-refractivity contribution is -0.122. The van der Waals surface area contributed by atoms with Crippen molar-refractivity contribution in [1.82, 2.24) is 5.32 Å². The van der Waals surface area contributed by atoms with Crippen molar-refractivity contribution >= 4 is 18.3 Å². The highest BCUT2D eigenvalue weighted by molar-refractivity contribution is 5.85. The van der Waals surface area contributed by atoms with Gasteiger partial charge in [0, 0.05) is 0 Å². The van der Waals surface area contributed by atoms with Crippen LogP contribution in [0.25, 0.3) is 0 Å². The van der Waals surface area contributed by atoms with Crippen LogP contribution in [0.4, 0.5) is 0 Å². The van der Waals surface area contributed by atoms with Crippen molar-refractivity contribution in [1.29, 1.82) is 0 Å². The number of hydrogen-bond donors (Lipinski definition) is 2. The van der Waals surface area contributed by atoms with Crippen LogP contribution in [0.1, 0.15) is 18.1 Å². The number of nitrogens with two attached hydrogens (primary N) is 1. The molecule has 3 N–H and O–H groups in total. The van der Waals surface area contributed by atoms with Crippen LogP contribution in [0.2, 0.25) is 0 Å². The molecule has 1 unspecified atom stereocenters. The summed E-state index contributed by atoms with van der Waals surface area (Å²) in [5, 5.41) is 2.85. The first-order chi connectivity index (χ1) is 11.1. The molecule has 0 saturated heterocycles. The topological polar surface area (TPSA) is 64.3 Å². The first kappa shape index (κ1) is 20.0. The lowest BCUT2D eigenvalue weighted by atomic mass is 10.1. The Hall–Kier alpha value is -2.04. The maximum absolute atomic E-state index is 12.1. The van der Waals surface area contributed by atoms with Crippen molar-refractivity contribution < 1.29 is 9.53 Å². The van der Waals surface area contributed by atoms with Crippen molar-refractivity contribution in [3.8, 4) is 5.75 Å². The van der Waals surface area contributed by atoms with Crippen LogP contribution < -0.4 is 15.8 Å². The van der Waals surface area contributed by atoms with Crippen LogP contribution in [0, 0.1) is 6.92 Å². The first-order valence-electron chi connectivity index (χ1n) is 7.85. The van der Waals surface area contributed by atoms with Crippen molar-refractivity contribution in [2.24, 2.45) is 5.73 Å². The van der Waals surface area contributed by atoms with E-state index in [0.29, 0.717) is 13.0 Å². The number of para-hydroxylation sites is 1. The van der Waals surface area contributed by atoms with Gasteiger partial charge in [0.05, 0.1) is 12.6 Å². The van der Waals surface area contributed by atoms with Gasteiger partial charge in [-0.05, 0) is 37.5 Å². The summed E-state index contributed by atoms with van der Waals surface area (Å²) < 4.78 is 5.84. The molecule has 5 heteroatoms. The zero-order chi connectivity index (χ0) is 16.7. The van der Waals surface area contributed by atoms with E-state index < -0.39 is 6.04 Å². The lowest BCUT2D eigenvalue weighted by Crippen LogP contribution is -2.45. The maximum atomic E-state index is 12.1. The van der Waals surface area contributed by atoms with Gasteiger partial charge in [0.15, 0.2) is 0 Å². The van der Waals surface area contributed by atoms with Crippen LogP contribution in [-0.4, -0.2) is 24.6 Å². The van der Waals surface area contributed by atoms with Crippen molar-refractivity contribution in [2.45, 2.75) is 32.4 Å². The number of aryl methyl sites for hydroxylation is 1. The van der Waals surface area contributed by atoms with Crippen LogP contribution in [-0.2, 0) is 11.2 Å². The smallest absolute Gasteiger partial charge is 0.237 e. The standard InChI is InChI=1S/C19H24N2O2.ClH/c1-14-8-6-7-11-18(14)23-15(2)13-21-19(22)17(20)12-16-9-4-3-5-10-16;/h3-11,15,17H,12-13,20H2,1-2H3,(H,21,22);1H/t15?,17-;/m0./s1. The number of benzene rings is 2. The molecule has 2 rings (SSSR count). The van der Waals surface area contributed by atoms with E-state index in [1.54, 1.807) is 0 Å². The molecule has 130 valence electrons. The Kier molecular flexibility index (Phi) is 8.30. The fraction of sp³-hybridized carbons (Fsp3) is 0.316. The third-order valence-corrected chi connectivity index (χ3v) is 3.62. The second-order valence-corrected chi connectivity index (χ2v) is 5.74. The van der Waals surface area contributed by atoms with Gasteiger partial charge in [-0.2, -0.15) is 0 Å². The summed E-state index contributed by atoms with van der Waals surface area (Å²) in [4.78, 5) is 12.1. The monoisotopic (exact) mass is 348 g/mol. The van der Waals surface area contributed by atoms with E-state index in [0.717, 1.165) is 16.9 Å². The zero-order valence-corrected chi connectivity index (χ0v) is 14.9. The van der Waals surface area contributed by atoms with E-state index in [-0.39, 0.29) is 24.4 Å². The van der Waals surface area contributed by atoms with Gasteiger partial charge in [0.1, 0.15) is 11.9 Å². The fourth-order valence-electron chi connectivity index (χ4n) is 2.28. The molecule has 2 aromatic carbocycles. The molecule has 0 heterocycles. The molecular weight excluding hydrogens is 324 g/mol. The Balaban J connectivity index is 0.00000288. The number of hydrogen-bond acceptors (Lipinski definition) is 3. The predicted octanol–water partition coefficient (Wildman–Crippen LogP) is 2.87. The number of ether oxygens (including phenoxy) is 1. The maximum Gasteiger partial charge on any atom is 0.237 e. The second-order valence-electron chi connectivity index (χ2n) is 5.74. The number of amides is 1. The lowest BCUT2D eigenvalue weighted by Gasteiger charge is -2.18. The van der Waals surface area contributed by atoms with Gasteiger partial charge in [0.2, 0.25) is 5.91 Å². The molecule has 0 saturated carbocycles. The van der Waals surface area contributed by atoms with Crippen LogP contribution in [0.3, 0.4) is 0 Å². The van der Waals surface area contributed by atoms with E-state index >= 15 is 0 Å². The molecule has 0 aromatic heterocycles. The Morgan fingerprint density at radius 1 is 1.12 bits per heavy atom. The summed E-state index contributed by atoms with van der Waals surface area (Å²) in [6, 6.07) is 17.0. The molecule has 0 fully saturated rings. The number of halogens is 1. The minimum atomic E-state index is -0.553. The van der Waals surface area contributed by atoms with Gasteiger partial charge < -0.3 is 15.8 Å². The number of nitrogens with one attached hydrogen (secondary N) is 1. The molecule has 0 bridgehead atoms. The molecule has 2 atom stereocenters. The highest BCUT2D eigenvalue weighted by Gasteiger charge is 2.15. The minimum Gasteiger partial charge on any atom is -0.489 e. The number of carbonyl (C=O) groups is 1. The van der Waals surface area contributed by atoms with Crippen molar-refractivity contribution in [3.63, 3.8) is 0 Å². The summed E-state index contributed by atoms with van der Waals surface area (Å²) in [6.45, 7) is 4.35. The normalized spacial score (nSPS) is 12.6. The molecule has 0 radical (unpaired) electrons. The molecule has 0 aliphatic rings. The summed E-state index contributed by atoms with van der Waals surface area (Å²) >= 11 is 0. The quantitative estimate of drug-likeness (QED) is 0.808. The third-order valence-electron chi connectivity index (χ3n) is 3.62. The highest BCUT2D eigenvalue weighted by atomic mass is 35.5. The Labute approximate surface area is 149 Å². The fourth-order valence-corrected chi connectivity index (χ4v) is 2.28. The van der Waals surface area contributed by atoms with E-state index in [2.05, 4.69) is 5.32 Å². The van der Waals surface area contributed by atoms with Crippen LogP contribution in [0.15, 0.2) is 54.6 Å². The highest BCUT2D eigenvalue weighted by Crippen LogP contribution is 2.17. The molecule has 1 amide bonds. The van der Waals surface area contributed by atoms with Gasteiger partial charge in [-0.15, -0.1) is 12.4 Å². The molecule has 24 heavy (non-hydrogen) atoms. The van der Waals surface area contributed by atoms with Gasteiger partial charge in [0.25, 0.3) is 0 Å². The SMILES string of the molecule is Cc1ccccc1OC(C)CNC(=O)[C@@H](N)Cc1ccccc1.Cl. The average Bonchev–Trinajstić information content (AvgIpc) is 2.55. The summed E-state index contributed by atoms with van der Waals surface area (Å²) in [6.07, 6.45) is 0.406. The van der Waals surface area contributed by atoms with Crippen LogP contribution >= 0.6 is 12.4 Å². The molecular formula is C19H25ClN2O2. The second kappa shape index (κ2) is 9.96. The minimum absolute atomic E-state index is 0. The molecule has 0 aliphatic heterocycles. The summed E-state index contributed by atoms with van der Waals surface area (Å²) in [5.74, 6) is 0.678. The number of carbonyl (C=O) groups excluding carboxylic acids is 1. The Bertz CT molecular complexity index is 634. The molecule has 0 spiro atoms. The van der Waals surface area contributed by atoms with Gasteiger partial charge in [-0.1, -0.05) is 48.5 Å². The van der Waals surface area contributed by atoms with Crippen LogP contribution in [0.5, 0.6) is 5.75 Å². The van der Waals surface area contributed by atoms with Gasteiger partial charge in [-0.25, -0.2) is 0 Å².